The van der Waals surface area contributed by atoms with E-state index in [4.69, 9.17) is 4.42 Å². The minimum atomic E-state index is -0.0731. The molecule has 2 aliphatic rings. The molecule has 0 amide bonds. The minimum Gasteiger partial charge on any atom is -0.454 e. The van der Waals surface area contributed by atoms with Crippen LogP contribution in [-0.4, -0.2) is 0 Å². The van der Waals surface area contributed by atoms with Crippen LogP contribution in [-0.2, 0) is 10.8 Å². The highest BCUT2D eigenvalue weighted by molar-refractivity contribution is 6.10. The molecule has 56 heavy (non-hydrogen) atoms. The molecule has 0 aliphatic heterocycles. The van der Waals surface area contributed by atoms with Gasteiger partial charge < -0.3 is 9.32 Å². The third-order valence-electron chi connectivity index (χ3n) is 12.7. The van der Waals surface area contributed by atoms with Gasteiger partial charge in [0.05, 0.1) is 5.69 Å². The van der Waals surface area contributed by atoms with Crippen molar-refractivity contribution in [3.63, 3.8) is 0 Å². The highest BCUT2D eigenvalue weighted by Crippen LogP contribution is 2.54. The molecule has 1 aromatic heterocycles. The summed E-state index contributed by atoms with van der Waals surface area (Å²) in [7, 11) is 0. The summed E-state index contributed by atoms with van der Waals surface area (Å²) in [6.45, 7) is 9.40. The van der Waals surface area contributed by atoms with Gasteiger partial charge in [-0.25, -0.2) is 0 Å². The Balaban J connectivity index is 1.13. The van der Waals surface area contributed by atoms with Crippen LogP contribution in [0.2, 0.25) is 0 Å². The zero-order chi connectivity index (χ0) is 37.8. The molecule has 1 heterocycles. The topological polar surface area (TPSA) is 16.4 Å². The number of hydrogen-bond donors (Lipinski definition) is 0. The molecular formula is C54H41NO. The number of anilines is 3. The van der Waals surface area contributed by atoms with E-state index in [1.807, 2.05) is 6.07 Å². The van der Waals surface area contributed by atoms with Gasteiger partial charge in [-0.2, -0.15) is 0 Å². The van der Waals surface area contributed by atoms with Gasteiger partial charge in [0.25, 0.3) is 0 Å². The Morgan fingerprint density at radius 3 is 1.43 bits per heavy atom. The summed E-state index contributed by atoms with van der Waals surface area (Å²) in [6.07, 6.45) is 0. The monoisotopic (exact) mass is 719 g/mol. The van der Waals surface area contributed by atoms with Crippen molar-refractivity contribution in [2.75, 3.05) is 4.90 Å². The molecular weight excluding hydrogens is 679 g/mol. The second kappa shape index (κ2) is 11.9. The average molecular weight is 720 g/mol. The normalized spacial score (nSPS) is 14.4. The predicted octanol–water partition coefficient (Wildman–Crippen LogP) is 15.0. The van der Waals surface area contributed by atoms with E-state index in [2.05, 4.69) is 202 Å². The number of nitrogens with zero attached hydrogens (tertiary/aromatic N) is 1. The predicted molar refractivity (Wildman–Crippen MR) is 234 cm³/mol. The summed E-state index contributed by atoms with van der Waals surface area (Å²) in [4.78, 5) is 2.39. The molecule has 8 aromatic carbocycles. The van der Waals surface area contributed by atoms with Gasteiger partial charge in [-0.1, -0.05) is 167 Å². The van der Waals surface area contributed by atoms with Crippen molar-refractivity contribution in [3.8, 4) is 44.5 Å². The standard InChI is InChI=1S/C54H41NO/c1-53(2)44-26-8-5-21-42(44)50-38(23-13-28-46(50)53)34-16-11-18-36(32-34)55(48-30-15-25-41-40-20-7-10-31-49(40)56-52(41)48)37-19-12-17-35(33-37)39-24-14-29-47-51(39)43-22-6-9-27-45(43)54(47,3)4/h5-33H,1-4H3. The molecule has 0 atom stereocenters. The first kappa shape index (κ1) is 32.8. The summed E-state index contributed by atoms with van der Waals surface area (Å²) >= 11 is 0. The SMILES string of the molecule is CC1(C)c2ccccc2-c2c(-c3cccc(N(c4cccc(-c5cccc6c5-c5ccccc5C6(C)C)c4)c4cccc5c4oc4ccccc45)c3)cccc21. The Bertz CT molecular complexity index is 2900. The van der Waals surface area contributed by atoms with Crippen LogP contribution in [0.1, 0.15) is 49.9 Å². The number of rotatable bonds is 5. The van der Waals surface area contributed by atoms with Crippen molar-refractivity contribution in [3.05, 3.63) is 198 Å². The van der Waals surface area contributed by atoms with Crippen LogP contribution in [0, 0.1) is 0 Å². The lowest BCUT2D eigenvalue weighted by Gasteiger charge is -2.27. The molecule has 0 saturated heterocycles. The van der Waals surface area contributed by atoms with Crippen LogP contribution in [0.4, 0.5) is 17.1 Å². The summed E-state index contributed by atoms with van der Waals surface area (Å²) < 4.78 is 6.74. The number of para-hydroxylation sites is 2. The molecule has 0 bridgehead atoms. The third kappa shape index (κ3) is 4.62. The first-order valence-corrected chi connectivity index (χ1v) is 19.7. The largest absolute Gasteiger partial charge is 0.454 e. The van der Waals surface area contributed by atoms with Crippen molar-refractivity contribution >= 4 is 39.0 Å². The van der Waals surface area contributed by atoms with Gasteiger partial charge in [0.1, 0.15) is 5.58 Å². The van der Waals surface area contributed by atoms with Crippen molar-refractivity contribution in [1.82, 2.24) is 0 Å². The van der Waals surface area contributed by atoms with E-state index < -0.39 is 0 Å². The van der Waals surface area contributed by atoms with E-state index in [0.29, 0.717) is 0 Å². The van der Waals surface area contributed by atoms with E-state index in [-0.39, 0.29) is 10.8 Å². The van der Waals surface area contributed by atoms with E-state index in [1.54, 1.807) is 0 Å². The van der Waals surface area contributed by atoms with Gasteiger partial charge in [0.15, 0.2) is 5.58 Å². The Morgan fingerprint density at radius 1 is 0.393 bits per heavy atom. The maximum atomic E-state index is 6.74. The third-order valence-corrected chi connectivity index (χ3v) is 12.7. The molecule has 0 saturated carbocycles. The van der Waals surface area contributed by atoms with Crippen molar-refractivity contribution in [2.24, 2.45) is 0 Å². The molecule has 0 radical (unpaired) electrons. The molecule has 2 heteroatoms. The number of benzene rings is 8. The molecule has 0 N–H and O–H groups in total. The van der Waals surface area contributed by atoms with Crippen LogP contribution >= 0.6 is 0 Å². The van der Waals surface area contributed by atoms with Gasteiger partial charge in [-0.3, -0.25) is 0 Å². The number of furan rings is 1. The fourth-order valence-corrected chi connectivity index (χ4v) is 9.95. The Morgan fingerprint density at radius 2 is 0.839 bits per heavy atom. The summed E-state index contributed by atoms with van der Waals surface area (Å²) in [5, 5.41) is 2.23. The molecule has 11 rings (SSSR count). The molecule has 2 aliphatic carbocycles. The fourth-order valence-electron chi connectivity index (χ4n) is 9.95. The highest BCUT2D eigenvalue weighted by atomic mass is 16.3. The lowest BCUT2D eigenvalue weighted by molar-refractivity contribution is 0.660. The van der Waals surface area contributed by atoms with Crippen molar-refractivity contribution < 1.29 is 4.42 Å². The molecule has 268 valence electrons. The minimum absolute atomic E-state index is 0.0731. The smallest absolute Gasteiger partial charge is 0.159 e. The van der Waals surface area contributed by atoms with Gasteiger partial charge >= 0.3 is 0 Å². The van der Waals surface area contributed by atoms with Crippen molar-refractivity contribution in [2.45, 2.75) is 38.5 Å². The zero-order valence-electron chi connectivity index (χ0n) is 32.1. The lowest BCUT2D eigenvalue weighted by atomic mass is 9.82. The molecule has 0 spiro atoms. The Labute approximate surface area is 328 Å². The zero-order valence-corrected chi connectivity index (χ0v) is 32.1. The van der Waals surface area contributed by atoms with Crippen LogP contribution in [0.5, 0.6) is 0 Å². The summed E-state index contributed by atoms with van der Waals surface area (Å²) in [5.41, 5.74) is 20.4. The highest BCUT2D eigenvalue weighted by Gasteiger charge is 2.38. The average Bonchev–Trinajstić information content (AvgIpc) is 3.82. The summed E-state index contributed by atoms with van der Waals surface area (Å²) in [5.74, 6) is 0. The van der Waals surface area contributed by atoms with E-state index in [0.717, 1.165) is 39.0 Å². The van der Waals surface area contributed by atoms with Crippen LogP contribution in [0.25, 0.3) is 66.4 Å². The first-order chi connectivity index (χ1) is 27.3. The first-order valence-electron chi connectivity index (χ1n) is 19.7. The van der Waals surface area contributed by atoms with Crippen LogP contribution in [0.3, 0.4) is 0 Å². The maximum Gasteiger partial charge on any atom is 0.159 e. The second-order valence-corrected chi connectivity index (χ2v) is 16.5. The van der Waals surface area contributed by atoms with Gasteiger partial charge in [0.2, 0.25) is 0 Å². The molecule has 2 nitrogen and oxygen atoms in total. The molecule has 9 aromatic rings. The van der Waals surface area contributed by atoms with E-state index >= 15 is 0 Å². The maximum absolute atomic E-state index is 6.74. The van der Waals surface area contributed by atoms with Crippen LogP contribution < -0.4 is 4.90 Å². The second-order valence-electron chi connectivity index (χ2n) is 16.5. The Hall–Kier alpha value is -6.64. The van der Waals surface area contributed by atoms with Gasteiger partial charge in [0, 0.05) is 33.0 Å². The summed E-state index contributed by atoms with van der Waals surface area (Å²) in [6, 6.07) is 64.5. The molecule has 0 fully saturated rings. The Kier molecular flexibility index (Phi) is 6.98. The number of fused-ring (bicyclic) bond motifs is 9. The van der Waals surface area contributed by atoms with E-state index in [1.165, 1.54) is 66.8 Å². The molecule has 0 unspecified atom stereocenters. The van der Waals surface area contributed by atoms with E-state index in [9.17, 15) is 0 Å². The number of hydrogen-bond acceptors (Lipinski definition) is 2. The lowest BCUT2D eigenvalue weighted by Crippen LogP contribution is -2.14. The quantitative estimate of drug-likeness (QED) is 0.176. The fraction of sp³-hybridized carbons (Fsp3) is 0.111. The van der Waals surface area contributed by atoms with Gasteiger partial charge in [-0.05, 0) is 103 Å². The van der Waals surface area contributed by atoms with Crippen molar-refractivity contribution in [1.29, 1.82) is 0 Å². The van der Waals surface area contributed by atoms with Crippen LogP contribution in [0.15, 0.2) is 180 Å². The van der Waals surface area contributed by atoms with Gasteiger partial charge in [-0.15, -0.1) is 0 Å².